The maximum absolute atomic E-state index is 11.9. The zero-order valence-corrected chi connectivity index (χ0v) is 12.1. The molecule has 0 atom stereocenters. The molecular formula is C10H14Cl2N2O3S. The van der Waals surface area contributed by atoms with E-state index in [4.69, 9.17) is 28.3 Å². The molecule has 0 aliphatic rings. The number of nitrogens with one attached hydrogen (secondary N) is 1. The van der Waals surface area contributed by atoms with Crippen LogP contribution in [0.2, 0.25) is 10.0 Å². The van der Waals surface area contributed by atoms with Crippen LogP contribution in [0.25, 0.3) is 0 Å². The zero-order valence-electron chi connectivity index (χ0n) is 9.73. The molecule has 1 aromatic rings. The Morgan fingerprint density at radius 2 is 1.83 bits per heavy atom. The molecule has 0 heterocycles. The minimum Gasteiger partial charge on any atom is -0.396 e. The number of benzene rings is 1. The van der Waals surface area contributed by atoms with Crippen LogP contribution in [-0.4, -0.2) is 38.0 Å². The number of rotatable bonds is 6. The van der Waals surface area contributed by atoms with Gasteiger partial charge in [0.2, 0.25) is 0 Å². The molecule has 1 aromatic carbocycles. The molecule has 2 N–H and O–H groups in total. The van der Waals surface area contributed by atoms with Crippen LogP contribution >= 0.6 is 23.2 Å². The molecule has 0 fully saturated rings. The van der Waals surface area contributed by atoms with Crippen LogP contribution in [-0.2, 0) is 10.2 Å². The first-order valence-corrected chi connectivity index (χ1v) is 7.36. The SMILES string of the molecule is CN(CCCO)S(=O)(=O)Nc1cc(Cl)cc(Cl)c1. The molecule has 1 rings (SSSR count). The topological polar surface area (TPSA) is 69.6 Å². The molecule has 0 spiro atoms. The monoisotopic (exact) mass is 312 g/mol. The van der Waals surface area contributed by atoms with Gasteiger partial charge in [-0.25, -0.2) is 0 Å². The summed E-state index contributed by atoms with van der Waals surface area (Å²) in [6.07, 6.45) is 0.369. The Kier molecular flexibility index (Phi) is 5.68. The maximum Gasteiger partial charge on any atom is 0.301 e. The third-order valence-electron chi connectivity index (χ3n) is 2.15. The van der Waals surface area contributed by atoms with Gasteiger partial charge >= 0.3 is 10.2 Å². The van der Waals surface area contributed by atoms with E-state index in [0.717, 1.165) is 4.31 Å². The van der Waals surface area contributed by atoms with Gasteiger partial charge < -0.3 is 5.11 Å². The molecule has 0 aromatic heterocycles. The fourth-order valence-corrected chi connectivity index (χ4v) is 2.72. The molecule has 0 bridgehead atoms. The van der Waals surface area contributed by atoms with Gasteiger partial charge in [-0.15, -0.1) is 0 Å². The summed E-state index contributed by atoms with van der Waals surface area (Å²) >= 11 is 11.6. The van der Waals surface area contributed by atoms with Crippen LogP contribution in [0.4, 0.5) is 5.69 Å². The third kappa shape index (κ3) is 4.62. The van der Waals surface area contributed by atoms with Crippen LogP contribution in [0.3, 0.4) is 0 Å². The van der Waals surface area contributed by atoms with E-state index in [-0.39, 0.29) is 13.2 Å². The molecule has 102 valence electrons. The summed E-state index contributed by atoms with van der Waals surface area (Å²) in [5, 5.41) is 9.36. The van der Waals surface area contributed by atoms with Crippen molar-refractivity contribution in [2.45, 2.75) is 6.42 Å². The lowest BCUT2D eigenvalue weighted by molar-refractivity contribution is 0.276. The van der Waals surface area contributed by atoms with E-state index >= 15 is 0 Å². The van der Waals surface area contributed by atoms with Crippen molar-refractivity contribution < 1.29 is 13.5 Å². The lowest BCUT2D eigenvalue weighted by atomic mass is 10.3. The van der Waals surface area contributed by atoms with Gasteiger partial charge in [0.15, 0.2) is 0 Å². The average Bonchev–Trinajstić information content (AvgIpc) is 2.23. The van der Waals surface area contributed by atoms with Crippen molar-refractivity contribution in [2.24, 2.45) is 0 Å². The van der Waals surface area contributed by atoms with Gasteiger partial charge in [0.25, 0.3) is 0 Å². The van der Waals surface area contributed by atoms with Gasteiger partial charge in [-0.1, -0.05) is 23.2 Å². The number of anilines is 1. The van der Waals surface area contributed by atoms with Crippen molar-refractivity contribution in [3.05, 3.63) is 28.2 Å². The fourth-order valence-electron chi connectivity index (χ4n) is 1.25. The number of aliphatic hydroxyl groups excluding tert-OH is 1. The van der Waals surface area contributed by atoms with Gasteiger partial charge in [-0.3, -0.25) is 4.72 Å². The predicted octanol–water partition coefficient (Wildman–Crippen LogP) is 1.96. The second kappa shape index (κ2) is 6.58. The van der Waals surface area contributed by atoms with E-state index in [1.165, 1.54) is 25.2 Å². The van der Waals surface area contributed by atoms with Crippen LogP contribution in [0.1, 0.15) is 6.42 Å². The van der Waals surface area contributed by atoms with E-state index in [1.54, 1.807) is 0 Å². The first-order chi connectivity index (χ1) is 8.35. The first-order valence-electron chi connectivity index (χ1n) is 5.16. The van der Waals surface area contributed by atoms with E-state index < -0.39 is 10.2 Å². The van der Waals surface area contributed by atoms with E-state index in [9.17, 15) is 8.42 Å². The average molecular weight is 313 g/mol. The second-order valence-corrected chi connectivity index (χ2v) is 6.31. The van der Waals surface area contributed by atoms with E-state index in [1.807, 2.05) is 0 Å². The minimum absolute atomic E-state index is 0.0666. The highest BCUT2D eigenvalue weighted by molar-refractivity contribution is 7.90. The second-order valence-electron chi connectivity index (χ2n) is 3.66. The molecule has 5 nitrogen and oxygen atoms in total. The zero-order chi connectivity index (χ0) is 13.8. The Hall–Kier alpha value is -0.530. The van der Waals surface area contributed by atoms with Gasteiger partial charge in [0.05, 0.1) is 5.69 Å². The normalized spacial score (nSPS) is 11.8. The molecule has 0 unspecified atom stereocenters. The number of hydrogen-bond acceptors (Lipinski definition) is 3. The molecule has 0 saturated carbocycles. The van der Waals surface area contributed by atoms with Crippen molar-refractivity contribution in [1.82, 2.24) is 4.31 Å². The number of nitrogens with zero attached hydrogens (tertiary/aromatic N) is 1. The van der Waals surface area contributed by atoms with Crippen LogP contribution in [0, 0.1) is 0 Å². The van der Waals surface area contributed by atoms with Gasteiger partial charge in [0.1, 0.15) is 0 Å². The maximum atomic E-state index is 11.9. The summed E-state index contributed by atoms with van der Waals surface area (Å²) in [5.41, 5.74) is 0.295. The summed E-state index contributed by atoms with van der Waals surface area (Å²) < 4.78 is 27.2. The summed E-state index contributed by atoms with van der Waals surface area (Å²) in [7, 11) is -2.24. The number of aliphatic hydroxyl groups is 1. The lowest BCUT2D eigenvalue weighted by Crippen LogP contribution is -2.33. The predicted molar refractivity (Wildman–Crippen MR) is 73.3 cm³/mol. The van der Waals surface area contributed by atoms with Gasteiger partial charge in [-0.05, 0) is 24.6 Å². The highest BCUT2D eigenvalue weighted by Gasteiger charge is 2.17. The van der Waals surface area contributed by atoms with E-state index in [0.29, 0.717) is 22.2 Å². The Morgan fingerprint density at radius 1 is 1.28 bits per heavy atom. The highest BCUT2D eigenvalue weighted by Crippen LogP contribution is 2.23. The van der Waals surface area contributed by atoms with E-state index in [2.05, 4.69) is 4.72 Å². The summed E-state index contributed by atoms with van der Waals surface area (Å²) in [6.45, 7) is 0.156. The molecular weight excluding hydrogens is 299 g/mol. The fraction of sp³-hybridized carbons (Fsp3) is 0.400. The summed E-state index contributed by atoms with van der Waals surface area (Å²) in [4.78, 5) is 0. The summed E-state index contributed by atoms with van der Waals surface area (Å²) in [5.74, 6) is 0. The first kappa shape index (κ1) is 15.5. The molecule has 8 heteroatoms. The Morgan fingerprint density at radius 3 is 2.33 bits per heavy atom. The van der Waals surface area contributed by atoms with Crippen molar-refractivity contribution in [3.8, 4) is 0 Å². The largest absolute Gasteiger partial charge is 0.396 e. The quantitative estimate of drug-likeness (QED) is 0.843. The molecule has 0 radical (unpaired) electrons. The van der Waals surface area contributed by atoms with Gasteiger partial charge in [-0.2, -0.15) is 12.7 Å². The third-order valence-corrected chi connectivity index (χ3v) is 4.08. The number of hydrogen-bond donors (Lipinski definition) is 2. The molecule has 0 saturated heterocycles. The minimum atomic E-state index is -3.66. The lowest BCUT2D eigenvalue weighted by Gasteiger charge is -2.18. The number of halogens is 2. The Labute approximate surface area is 116 Å². The molecule has 18 heavy (non-hydrogen) atoms. The van der Waals surface area contributed by atoms with Gasteiger partial charge in [0, 0.05) is 30.2 Å². The van der Waals surface area contributed by atoms with Crippen molar-refractivity contribution in [1.29, 1.82) is 0 Å². The van der Waals surface area contributed by atoms with Crippen LogP contribution in [0.5, 0.6) is 0 Å². The van der Waals surface area contributed by atoms with Crippen LogP contribution < -0.4 is 4.72 Å². The van der Waals surface area contributed by atoms with Crippen LogP contribution in [0.15, 0.2) is 18.2 Å². The van der Waals surface area contributed by atoms with Crippen molar-refractivity contribution in [3.63, 3.8) is 0 Å². The Bertz CT molecular complexity index is 488. The van der Waals surface area contributed by atoms with Crippen molar-refractivity contribution >= 4 is 39.1 Å². The Balaban J connectivity index is 2.81. The standard InChI is InChI=1S/C10H14Cl2N2O3S/c1-14(3-2-4-15)18(16,17)13-10-6-8(11)5-9(12)7-10/h5-7,13,15H,2-4H2,1H3. The summed E-state index contributed by atoms with van der Waals surface area (Å²) in [6, 6.07) is 4.44. The molecule has 0 amide bonds. The molecule has 0 aliphatic heterocycles. The smallest absolute Gasteiger partial charge is 0.301 e. The molecule has 0 aliphatic carbocycles. The highest BCUT2D eigenvalue weighted by atomic mass is 35.5. The van der Waals surface area contributed by atoms with Crippen molar-refractivity contribution in [2.75, 3.05) is 24.9 Å².